The van der Waals surface area contributed by atoms with Crippen LogP contribution in [0.25, 0.3) is 0 Å². The van der Waals surface area contributed by atoms with Gasteiger partial charge in [0.05, 0.1) is 7.11 Å². The van der Waals surface area contributed by atoms with Gasteiger partial charge < -0.3 is 41.4 Å². The van der Waals surface area contributed by atoms with Crippen molar-refractivity contribution in [3.8, 4) is 0 Å². The number of ether oxygens (including phenoxy) is 2. The molecule has 270 valence electrons. The first-order valence-electron chi connectivity index (χ1n) is 15.9. The molecular formula is C32H58N6O9. The van der Waals surface area contributed by atoms with Crippen LogP contribution >= 0.6 is 0 Å². The molecule has 0 aliphatic rings. The summed E-state index contributed by atoms with van der Waals surface area (Å²) in [5.41, 5.74) is -3.63. The maximum atomic E-state index is 13.3. The molecule has 6 N–H and O–H groups in total. The zero-order valence-electron chi connectivity index (χ0n) is 30.6. The average molecular weight is 671 g/mol. The summed E-state index contributed by atoms with van der Waals surface area (Å²) < 4.78 is 9.91. The molecule has 15 heteroatoms. The maximum absolute atomic E-state index is 13.3. The molecule has 0 aromatic heterocycles. The fourth-order valence-electron chi connectivity index (χ4n) is 4.14. The summed E-state index contributed by atoms with van der Waals surface area (Å²) in [7, 11) is 1.20. The van der Waals surface area contributed by atoms with E-state index in [-0.39, 0.29) is 24.7 Å². The third kappa shape index (κ3) is 16.0. The van der Waals surface area contributed by atoms with Crippen LogP contribution in [0.5, 0.6) is 0 Å². The van der Waals surface area contributed by atoms with Gasteiger partial charge in [-0.2, -0.15) is 0 Å². The zero-order valence-corrected chi connectivity index (χ0v) is 30.6. The van der Waals surface area contributed by atoms with Gasteiger partial charge in [0.1, 0.15) is 40.8 Å². The number of esters is 1. The number of amides is 6. The molecular weight excluding hydrogens is 612 g/mol. The Kier molecular flexibility index (Phi) is 16.4. The van der Waals surface area contributed by atoms with E-state index in [0.717, 1.165) is 0 Å². The Labute approximate surface area is 279 Å². The molecule has 0 bridgehead atoms. The molecule has 15 nitrogen and oxygen atoms in total. The smallest absolute Gasteiger partial charge is 0.408 e. The second-order valence-corrected chi connectivity index (χ2v) is 14.7. The highest BCUT2D eigenvalue weighted by Gasteiger charge is 2.37. The predicted molar refractivity (Wildman–Crippen MR) is 176 cm³/mol. The van der Waals surface area contributed by atoms with E-state index < -0.39 is 82.4 Å². The van der Waals surface area contributed by atoms with Gasteiger partial charge in [0.25, 0.3) is 0 Å². The quantitative estimate of drug-likeness (QED) is 0.131. The van der Waals surface area contributed by atoms with Gasteiger partial charge in [0.2, 0.25) is 29.5 Å². The lowest BCUT2D eigenvalue weighted by atomic mass is 9.98. The van der Waals surface area contributed by atoms with Gasteiger partial charge in [-0.25, -0.2) is 9.59 Å². The molecule has 0 spiro atoms. The highest BCUT2D eigenvalue weighted by atomic mass is 16.6. The SMILES string of the molecule is COC(=O)C(C)(C)NC(=O)[C@H](CC(C)C)NC(=O)[C@H](C)NC(=O)C(C)(C)NC(=O)[C@H](CC(C)C)NC(=O)[C@H](C)NC(=O)OC(C)(C)C. The Morgan fingerprint density at radius 2 is 0.936 bits per heavy atom. The molecule has 0 fully saturated rings. The monoisotopic (exact) mass is 670 g/mol. The molecule has 0 aromatic rings. The van der Waals surface area contributed by atoms with Crippen molar-refractivity contribution in [3.63, 3.8) is 0 Å². The van der Waals surface area contributed by atoms with Crippen molar-refractivity contribution in [3.05, 3.63) is 0 Å². The number of carbonyl (C=O) groups excluding carboxylic acids is 7. The van der Waals surface area contributed by atoms with E-state index in [9.17, 15) is 33.6 Å². The molecule has 0 heterocycles. The van der Waals surface area contributed by atoms with E-state index >= 15 is 0 Å². The predicted octanol–water partition coefficient (Wildman–Crippen LogP) is 1.43. The minimum Gasteiger partial charge on any atom is -0.467 e. The fraction of sp³-hybridized carbons (Fsp3) is 0.781. The fourth-order valence-corrected chi connectivity index (χ4v) is 4.14. The van der Waals surface area contributed by atoms with Gasteiger partial charge in [-0.1, -0.05) is 27.7 Å². The van der Waals surface area contributed by atoms with Gasteiger partial charge in [-0.3, -0.25) is 24.0 Å². The number of carbonyl (C=O) groups is 7. The van der Waals surface area contributed by atoms with Crippen molar-refractivity contribution in [1.29, 1.82) is 0 Å². The summed E-state index contributed by atoms with van der Waals surface area (Å²) in [6.07, 6.45) is -0.298. The summed E-state index contributed by atoms with van der Waals surface area (Å²) >= 11 is 0. The number of methoxy groups -OCH3 is 1. The standard InChI is InChI=1S/C32H58N6O9/c1-17(2)15-21(36-24(40)20(6)34-29(45)47-30(7,8)9)25(41)37-31(10,11)27(43)33-19(5)23(39)35-22(16-18(3)4)26(42)38-32(12,13)28(44)46-14/h17-22H,15-16H2,1-14H3,(H,33,43)(H,34,45)(H,35,39)(H,36,40)(H,37,41)(H,38,42)/t19-,20-,21-,22-/m0/s1. The summed E-state index contributed by atoms with van der Waals surface area (Å²) in [6, 6.07) is -4.18. The van der Waals surface area contributed by atoms with Gasteiger partial charge in [0, 0.05) is 0 Å². The second-order valence-electron chi connectivity index (χ2n) is 14.7. The summed E-state index contributed by atoms with van der Waals surface area (Å²) in [5.74, 6) is -3.89. The first-order valence-corrected chi connectivity index (χ1v) is 15.9. The third-order valence-electron chi connectivity index (χ3n) is 6.68. The van der Waals surface area contributed by atoms with Crippen LogP contribution in [-0.4, -0.2) is 89.6 Å². The van der Waals surface area contributed by atoms with E-state index in [1.54, 1.807) is 20.8 Å². The number of nitrogens with one attached hydrogen (secondary N) is 6. The van der Waals surface area contributed by atoms with Crippen LogP contribution in [0.1, 0.15) is 103 Å². The normalized spacial score (nSPS) is 14.6. The summed E-state index contributed by atoms with van der Waals surface area (Å²) in [5, 5.41) is 15.5. The van der Waals surface area contributed by atoms with E-state index in [2.05, 4.69) is 31.9 Å². The molecule has 0 aliphatic carbocycles. The molecule has 0 aromatic carbocycles. The van der Waals surface area contributed by atoms with E-state index in [1.165, 1.54) is 48.7 Å². The van der Waals surface area contributed by atoms with Crippen molar-refractivity contribution >= 4 is 41.6 Å². The highest BCUT2D eigenvalue weighted by Crippen LogP contribution is 2.12. The van der Waals surface area contributed by atoms with E-state index in [1.807, 2.05) is 27.7 Å². The molecule has 0 unspecified atom stereocenters. The summed E-state index contributed by atoms with van der Waals surface area (Å²) in [6.45, 7) is 21.2. The number of hydrogen-bond donors (Lipinski definition) is 6. The van der Waals surface area contributed by atoms with Crippen molar-refractivity contribution in [2.24, 2.45) is 11.8 Å². The van der Waals surface area contributed by atoms with Gasteiger partial charge in [0.15, 0.2) is 0 Å². The Morgan fingerprint density at radius 1 is 0.553 bits per heavy atom. The molecule has 0 saturated carbocycles. The first-order chi connectivity index (χ1) is 21.2. The first kappa shape index (κ1) is 43.1. The van der Waals surface area contributed by atoms with E-state index in [0.29, 0.717) is 0 Å². The maximum Gasteiger partial charge on any atom is 0.408 e. The number of hydrogen-bond acceptors (Lipinski definition) is 9. The second kappa shape index (κ2) is 17.9. The van der Waals surface area contributed by atoms with Crippen molar-refractivity contribution in [1.82, 2.24) is 31.9 Å². The topological polar surface area (TPSA) is 210 Å². The summed E-state index contributed by atoms with van der Waals surface area (Å²) in [4.78, 5) is 89.6. The third-order valence-corrected chi connectivity index (χ3v) is 6.68. The van der Waals surface area contributed by atoms with Crippen LogP contribution in [-0.2, 0) is 38.2 Å². The van der Waals surface area contributed by atoms with Crippen LogP contribution in [0.15, 0.2) is 0 Å². The highest BCUT2D eigenvalue weighted by molar-refractivity contribution is 5.98. The van der Waals surface area contributed by atoms with Crippen molar-refractivity contribution in [2.45, 2.75) is 144 Å². The Balaban J connectivity index is 5.56. The van der Waals surface area contributed by atoms with Crippen molar-refractivity contribution < 1.29 is 43.0 Å². The molecule has 6 amide bonds. The van der Waals surface area contributed by atoms with Gasteiger partial charge >= 0.3 is 12.1 Å². The molecule has 0 radical (unpaired) electrons. The van der Waals surface area contributed by atoms with E-state index in [4.69, 9.17) is 9.47 Å². The molecule has 0 rings (SSSR count). The number of alkyl carbamates (subject to hydrolysis) is 1. The van der Waals surface area contributed by atoms with Crippen LogP contribution < -0.4 is 31.9 Å². The van der Waals surface area contributed by atoms with Crippen LogP contribution in [0, 0.1) is 11.8 Å². The Morgan fingerprint density at radius 3 is 1.30 bits per heavy atom. The van der Waals surface area contributed by atoms with Crippen LogP contribution in [0.3, 0.4) is 0 Å². The molecule has 4 atom stereocenters. The number of rotatable bonds is 16. The van der Waals surface area contributed by atoms with Gasteiger partial charge in [-0.05, 0) is 87.0 Å². The average Bonchev–Trinajstić information content (AvgIpc) is 2.89. The van der Waals surface area contributed by atoms with Crippen LogP contribution in [0.4, 0.5) is 4.79 Å². The van der Waals surface area contributed by atoms with Gasteiger partial charge in [-0.15, -0.1) is 0 Å². The lowest BCUT2D eigenvalue weighted by Crippen LogP contribution is -2.63. The van der Waals surface area contributed by atoms with Crippen molar-refractivity contribution in [2.75, 3.05) is 7.11 Å². The molecule has 0 saturated heterocycles. The lowest BCUT2D eigenvalue weighted by Gasteiger charge is -2.31. The Bertz CT molecular complexity index is 1140. The molecule has 47 heavy (non-hydrogen) atoms. The zero-order chi connectivity index (χ0) is 37.1. The minimum absolute atomic E-state index is 0.00156. The lowest BCUT2D eigenvalue weighted by molar-refractivity contribution is -0.149. The molecule has 0 aliphatic heterocycles. The Hall–Kier alpha value is -3.91. The largest absolute Gasteiger partial charge is 0.467 e. The van der Waals surface area contributed by atoms with Crippen LogP contribution in [0.2, 0.25) is 0 Å². The minimum atomic E-state index is -1.52.